The first-order valence-electron chi connectivity index (χ1n) is 9.28. The fraction of sp³-hybridized carbons (Fsp3) is 0.368. The molecular formula is C19H19N5O4. The van der Waals surface area contributed by atoms with E-state index < -0.39 is 6.04 Å². The molecule has 28 heavy (non-hydrogen) atoms. The number of aryl methyl sites for hydroxylation is 1. The zero-order valence-electron chi connectivity index (χ0n) is 15.2. The molecule has 1 fully saturated rings. The lowest BCUT2D eigenvalue weighted by Crippen LogP contribution is -2.44. The van der Waals surface area contributed by atoms with E-state index in [1.165, 1.54) is 0 Å². The standard InChI is InChI=1S/C19H19N5O4/c25-19(14-11-16-24(21-14)7-4-9-27-16)23-8-10-26-12-15(23)17-20-18(28-22-17)13-5-2-1-3-6-13/h1-3,5-6,11,15H,4,7-10,12H2. The minimum Gasteiger partial charge on any atom is -0.478 e. The van der Waals surface area contributed by atoms with Gasteiger partial charge in [0.05, 0.1) is 19.8 Å². The van der Waals surface area contributed by atoms with E-state index in [1.807, 2.05) is 30.3 Å². The largest absolute Gasteiger partial charge is 0.478 e. The van der Waals surface area contributed by atoms with Gasteiger partial charge in [0.25, 0.3) is 11.8 Å². The van der Waals surface area contributed by atoms with E-state index in [0.717, 1.165) is 18.5 Å². The van der Waals surface area contributed by atoms with Crippen molar-refractivity contribution in [3.63, 3.8) is 0 Å². The Balaban J connectivity index is 1.41. The van der Waals surface area contributed by atoms with Crippen molar-refractivity contribution in [2.45, 2.75) is 19.0 Å². The molecule has 9 heteroatoms. The molecular weight excluding hydrogens is 362 g/mol. The van der Waals surface area contributed by atoms with Gasteiger partial charge in [0.1, 0.15) is 6.04 Å². The first kappa shape index (κ1) is 16.9. The van der Waals surface area contributed by atoms with Crippen LogP contribution in [-0.4, -0.2) is 57.1 Å². The summed E-state index contributed by atoms with van der Waals surface area (Å²) in [5.74, 6) is 1.28. The van der Waals surface area contributed by atoms with Crippen molar-refractivity contribution in [2.75, 3.05) is 26.4 Å². The maximum Gasteiger partial charge on any atom is 0.275 e. The van der Waals surface area contributed by atoms with E-state index in [2.05, 4.69) is 15.2 Å². The topological polar surface area (TPSA) is 95.5 Å². The Bertz CT molecular complexity index is 960. The average molecular weight is 381 g/mol. The zero-order valence-corrected chi connectivity index (χ0v) is 15.2. The van der Waals surface area contributed by atoms with Gasteiger partial charge in [-0.3, -0.25) is 4.79 Å². The van der Waals surface area contributed by atoms with Crippen LogP contribution in [0.2, 0.25) is 0 Å². The summed E-state index contributed by atoms with van der Waals surface area (Å²) in [5, 5.41) is 8.50. The van der Waals surface area contributed by atoms with Crippen LogP contribution in [0.25, 0.3) is 11.5 Å². The summed E-state index contributed by atoms with van der Waals surface area (Å²) in [6.45, 7) is 2.59. The lowest BCUT2D eigenvalue weighted by Gasteiger charge is -2.33. The highest BCUT2D eigenvalue weighted by atomic mass is 16.5. The molecule has 1 atom stereocenters. The van der Waals surface area contributed by atoms with E-state index in [0.29, 0.717) is 49.7 Å². The van der Waals surface area contributed by atoms with Crippen LogP contribution in [0, 0.1) is 0 Å². The molecule has 5 rings (SSSR count). The first-order chi connectivity index (χ1) is 13.8. The van der Waals surface area contributed by atoms with E-state index in [1.54, 1.807) is 15.6 Å². The minimum atomic E-state index is -0.429. The first-order valence-corrected chi connectivity index (χ1v) is 9.28. The fourth-order valence-corrected chi connectivity index (χ4v) is 3.45. The van der Waals surface area contributed by atoms with Crippen molar-refractivity contribution in [2.24, 2.45) is 0 Å². The molecule has 2 aliphatic rings. The van der Waals surface area contributed by atoms with Gasteiger partial charge in [-0.1, -0.05) is 23.4 Å². The number of hydrogen-bond donors (Lipinski definition) is 0. The van der Waals surface area contributed by atoms with Gasteiger partial charge in [-0.05, 0) is 12.1 Å². The molecule has 0 saturated carbocycles. The summed E-state index contributed by atoms with van der Waals surface area (Å²) in [6, 6.07) is 10.8. The Labute approximate surface area is 160 Å². The maximum atomic E-state index is 13.1. The Morgan fingerprint density at radius 1 is 1.14 bits per heavy atom. The van der Waals surface area contributed by atoms with Crippen LogP contribution in [0.15, 0.2) is 40.9 Å². The van der Waals surface area contributed by atoms with Crippen molar-refractivity contribution >= 4 is 5.91 Å². The molecule has 0 bridgehead atoms. The Morgan fingerprint density at radius 3 is 2.89 bits per heavy atom. The Morgan fingerprint density at radius 2 is 2.04 bits per heavy atom. The number of nitrogens with zero attached hydrogens (tertiary/aromatic N) is 5. The smallest absolute Gasteiger partial charge is 0.275 e. The fourth-order valence-electron chi connectivity index (χ4n) is 3.45. The molecule has 3 aromatic rings. The normalized spacial score (nSPS) is 19.1. The molecule has 1 aromatic carbocycles. The molecule has 1 saturated heterocycles. The number of rotatable bonds is 3. The number of fused-ring (bicyclic) bond motifs is 1. The number of carbonyl (C=O) groups is 1. The Hall–Kier alpha value is -3.20. The van der Waals surface area contributed by atoms with Crippen molar-refractivity contribution in [1.29, 1.82) is 0 Å². The molecule has 2 aliphatic heterocycles. The SMILES string of the molecule is O=C(c1cc2n(n1)CCCO2)N1CCOCC1c1noc(-c2ccccc2)n1. The molecule has 0 spiro atoms. The Kier molecular flexibility index (Phi) is 4.28. The zero-order chi connectivity index (χ0) is 18.9. The number of ether oxygens (including phenoxy) is 2. The van der Waals surface area contributed by atoms with E-state index in [-0.39, 0.29) is 5.91 Å². The minimum absolute atomic E-state index is 0.190. The second-order valence-electron chi connectivity index (χ2n) is 6.71. The third kappa shape index (κ3) is 3.03. The van der Waals surface area contributed by atoms with Gasteiger partial charge >= 0.3 is 0 Å². The second-order valence-corrected chi connectivity index (χ2v) is 6.71. The van der Waals surface area contributed by atoms with Gasteiger partial charge in [-0.15, -0.1) is 0 Å². The molecule has 9 nitrogen and oxygen atoms in total. The molecule has 144 valence electrons. The molecule has 0 aliphatic carbocycles. The maximum absolute atomic E-state index is 13.1. The van der Waals surface area contributed by atoms with Crippen LogP contribution in [0.5, 0.6) is 5.88 Å². The lowest BCUT2D eigenvalue weighted by atomic mass is 10.2. The molecule has 2 aromatic heterocycles. The van der Waals surface area contributed by atoms with Gasteiger partial charge in [0.2, 0.25) is 5.88 Å². The average Bonchev–Trinajstić information content (AvgIpc) is 3.41. The van der Waals surface area contributed by atoms with Crippen molar-refractivity contribution in [3.05, 3.63) is 47.9 Å². The molecule has 0 N–H and O–H groups in total. The number of benzene rings is 1. The summed E-state index contributed by atoms with van der Waals surface area (Å²) in [7, 11) is 0. The number of aromatic nitrogens is 4. The quantitative estimate of drug-likeness (QED) is 0.684. The lowest BCUT2D eigenvalue weighted by molar-refractivity contribution is -0.00611. The van der Waals surface area contributed by atoms with Gasteiger partial charge < -0.3 is 18.9 Å². The summed E-state index contributed by atoms with van der Waals surface area (Å²) >= 11 is 0. The number of hydrogen-bond acceptors (Lipinski definition) is 7. The third-order valence-corrected chi connectivity index (χ3v) is 4.88. The molecule has 1 unspecified atom stereocenters. The van der Waals surface area contributed by atoms with Crippen LogP contribution in [-0.2, 0) is 11.3 Å². The van der Waals surface area contributed by atoms with Gasteiger partial charge in [0, 0.05) is 31.1 Å². The van der Waals surface area contributed by atoms with Crippen LogP contribution in [0.4, 0.5) is 0 Å². The van der Waals surface area contributed by atoms with Crippen molar-refractivity contribution in [3.8, 4) is 17.3 Å². The molecule has 0 radical (unpaired) electrons. The highest BCUT2D eigenvalue weighted by Gasteiger charge is 2.34. The predicted molar refractivity (Wildman–Crippen MR) is 96.7 cm³/mol. The van der Waals surface area contributed by atoms with E-state index >= 15 is 0 Å². The van der Waals surface area contributed by atoms with Crippen molar-refractivity contribution < 1.29 is 18.8 Å². The van der Waals surface area contributed by atoms with Gasteiger partial charge in [-0.25, -0.2) is 4.68 Å². The van der Waals surface area contributed by atoms with Gasteiger partial charge in [-0.2, -0.15) is 10.1 Å². The monoisotopic (exact) mass is 381 g/mol. The van der Waals surface area contributed by atoms with Crippen LogP contribution in [0.1, 0.15) is 28.8 Å². The summed E-state index contributed by atoms with van der Waals surface area (Å²) in [6.07, 6.45) is 0.883. The number of morpholine rings is 1. The summed E-state index contributed by atoms with van der Waals surface area (Å²) in [4.78, 5) is 19.3. The van der Waals surface area contributed by atoms with Crippen molar-refractivity contribution in [1.82, 2.24) is 24.8 Å². The highest BCUT2D eigenvalue weighted by Crippen LogP contribution is 2.27. The van der Waals surface area contributed by atoms with E-state index in [9.17, 15) is 4.79 Å². The van der Waals surface area contributed by atoms with Crippen LogP contribution >= 0.6 is 0 Å². The molecule has 1 amide bonds. The number of amides is 1. The third-order valence-electron chi connectivity index (χ3n) is 4.88. The van der Waals surface area contributed by atoms with Gasteiger partial charge in [0.15, 0.2) is 11.5 Å². The van der Waals surface area contributed by atoms with E-state index in [4.69, 9.17) is 14.0 Å². The van der Waals surface area contributed by atoms with Crippen LogP contribution < -0.4 is 4.74 Å². The number of carbonyl (C=O) groups excluding carboxylic acids is 1. The predicted octanol–water partition coefficient (Wildman–Crippen LogP) is 1.93. The summed E-state index contributed by atoms with van der Waals surface area (Å²) < 4.78 is 18.3. The second kappa shape index (κ2) is 7.08. The van der Waals surface area contributed by atoms with Crippen LogP contribution in [0.3, 0.4) is 0 Å². The molecule has 4 heterocycles. The summed E-state index contributed by atoms with van der Waals surface area (Å²) in [5.41, 5.74) is 1.19. The highest BCUT2D eigenvalue weighted by molar-refractivity contribution is 5.93.